The maximum Gasteiger partial charge on any atom is 0.177 e. The van der Waals surface area contributed by atoms with E-state index in [2.05, 4.69) is 31.5 Å². The molecule has 1 aliphatic rings. The molecule has 1 aliphatic carbocycles. The third-order valence-electron chi connectivity index (χ3n) is 4.30. The van der Waals surface area contributed by atoms with E-state index in [-0.39, 0.29) is 52.0 Å². The highest BCUT2D eigenvalue weighted by Crippen LogP contribution is 2.34. The zero-order valence-corrected chi connectivity index (χ0v) is 20.0. The van der Waals surface area contributed by atoms with Gasteiger partial charge in [0.25, 0.3) is 0 Å². The molecule has 0 spiro atoms. The minimum atomic E-state index is -0.207. The van der Waals surface area contributed by atoms with E-state index in [4.69, 9.17) is 5.73 Å². The fourth-order valence-corrected chi connectivity index (χ4v) is 2.71. The molecule has 2 aromatic heterocycles. The summed E-state index contributed by atoms with van der Waals surface area (Å²) in [7, 11) is 0. The first kappa shape index (κ1) is 27.1. The SMILES string of the molecule is C=C1CC(=N/C(C)=C(\C)N)c2nc(C#N)c(C#N)nc2-c2nc(C#N)c(C#N)nc21.CC.CC. The van der Waals surface area contributed by atoms with Crippen molar-refractivity contribution in [1.29, 1.82) is 21.0 Å². The minimum absolute atomic E-state index is 0.119. The summed E-state index contributed by atoms with van der Waals surface area (Å²) in [6, 6.07) is 7.34. The van der Waals surface area contributed by atoms with Gasteiger partial charge in [0.1, 0.15) is 41.4 Å². The van der Waals surface area contributed by atoms with Gasteiger partial charge < -0.3 is 5.73 Å². The van der Waals surface area contributed by atoms with Gasteiger partial charge in [-0.05, 0) is 19.4 Å². The van der Waals surface area contributed by atoms with Crippen LogP contribution in [0.2, 0.25) is 0 Å². The number of allylic oxidation sites excluding steroid dienone is 3. The molecule has 0 aromatic carbocycles. The highest BCUT2D eigenvalue weighted by atomic mass is 14.9. The number of hydrogen-bond acceptors (Lipinski definition) is 10. The van der Waals surface area contributed by atoms with Gasteiger partial charge in [0.15, 0.2) is 22.8 Å². The number of nitriles is 4. The molecule has 0 fully saturated rings. The molecule has 0 unspecified atom stereocenters. The molecule has 2 N–H and O–H groups in total. The Morgan fingerprint density at radius 3 is 1.47 bits per heavy atom. The van der Waals surface area contributed by atoms with Crippen molar-refractivity contribution in [2.75, 3.05) is 0 Å². The number of nitrogens with two attached hydrogens (primary N) is 1. The first-order valence-corrected chi connectivity index (χ1v) is 10.5. The molecule has 0 saturated heterocycles. The van der Waals surface area contributed by atoms with Crippen molar-refractivity contribution in [3.8, 4) is 35.7 Å². The van der Waals surface area contributed by atoms with Crippen molar-refractivity contribution >= 4 is 11.3 Å². The zero-order chi connectivity index (χ0) is 26.0. The van der Waals surface area contributed by atoms with E-state index in [0.717, 1.165) is 0 Å². The Hall–Kier alpha value is -4.93. The summed E-state index contributed by atoms with van der Waals surface area (Å²) in [6.45, 7) is 15.4. The van der Waals surface area contributed by atoms with E-state index < -0.39 is 0 Å². The molecule has 3 rings (SSSR count). The topological polar surface area (TPSA) is 185 Å². The first-order valence-electron chi connectivity index (χ1n) is 10.5. The van der Waals surface area contributed by atoms with Crippen molar-refractivity contribution in [2.24, 2.45) is 10.7 Å². The fourth-order valence-electron chi connectivity index (χ4n) is 2.71. The Bertz CT molecular complexity index is 1350. The van der Waals surface area contributed by atoms with Crippen LogP contribution >= 0.6 is 0 Å². The summed E-state index contributed by atoms with van der Waals surface area (Å²) in [5, 5.41) is 37.4. The van der Waals surface area contributed by atoms with E-state index in [1.807, 2.05) is 52.0 Å². The van der Waals surface area contributed by atoms with Crippen LogP contribution in [-0.4, -0.2) is 25.6 Å². The molecule has 0 amide bonds. The number of nitrogens with zero attached hydrogens (tertiary/aromatic N) is 9. The summed E-state index contributed by atoms with van der Waals surface area (Å²) in [5.74, 6) is 0. The average Bonchev–Trinajstić information content (AvgIpc) is 2.98. The lowest BCUT2D eigenvalue weighted by Crippen LogP contribution is -2.11. The summed E-state index contributed by atoms with van der Waals surface area (Å²) in [5.41, 5.74) is 7.64. The van der Waals surface area contributed by atoms with Crippen molar-refractivity contribution in [2.45, 2.75) is 48.0 Å². The Morgan fingerprint density at radius 2 is 1.09 bits per heavy atom. The summed E-state index contributed by atoms with van der Waals surface area (Å²) in [6.07, 6.45) is 0.154. The quantitative estimate of drug-likeness (QED) is 0.669. The van der Waals surface area contributed by atoms with Crippen molar-refractivity contribution in [3.63, 3.8) is 0 Å². The molecular formula is C24H24N10. The van der Waals surface area contributed by atoms with Gasteiger partial charge in [0.2, 0.25) is 0 Å². The molecular weight excluding hydrogens is 428 g/mol. The normalized spacial score (nSPS) is 12.9. The largest absolute Gasteiger partial charge is 0.401 e. The monoisotopic (exact) mass is 452 g/mol. The average molecular weight is 453 g/mol. The Kier molecular flexibility index (Phi) is 9.72. The van der Waals surface area contributed by atoms with Crippen LogP contribution in [0.15, 0.2) is 23.0 Å². The lowest BCUT2D eigenvalue weighted by atomic mass is 10.1. The number of aliphatic imine (C=N–C) groups is 1. The predicted molar refractivity (Wildman–Crippen MR) is 127 cm³/mol. The van der Waals surface area contributed by atoms with Gasteiger partial charge in [-0.25, -0.2) is 19.9 Å². The van der Waals surface area contributed by atoms with Crippen LogP contribution in [0.4, 0.5) is 0 Å². The highest BCUT2D eigenvalue weighted by Gasteiger charge is 2.29. The lowest BCUT2D eigenvalue weighted by Gasteiger charge is -2.09. The van der Waals surface area contributed by atoms with Crippen molar-refractivity contribution < 1.29 is 0 Å². The zero-order valence-electron chi connectivity index (χ0n) is 20.0. The van der Waals surface area contributed by atoms with Gasteiger partial charge in [0, 0.05) is 12.1 Å². The Balaban J connectivity index is 0.00000137. The molecule has 10 heteroatoms. The molecule has 2 heterocycles. The molecule has 10 nitrogen and oxygen atoms in total. The fraction of sp³-hybridized carbons (Fsp3) is 0.292. The molecule has 0 atom stereocenters. The Morgan fingerprint density at radius 1 is 0.735 bits per heavy atom. The number of aromatic nitrogens is 4. The lowest BCUT2D eigenvalue weighted by molar-refractivity contribution is 1.07. The summed E-state index contributed by atoms with van der Waals surface area (Å²) in [4.78, 5) is 21.5. The van der Waals surface area contributed by atoms with Crippen LogP contribution < -0.4 is 5.73 Å². The highest BCUT2D eigenvalue weighted by molar-refractivity contribution is 6.11. The molecule has 0 aliphatic heterocycles. The van der Waals surface area contributed by atoms with E-state index in [9.17, 15) is 21.0 Å². The van der Waals surface area contributed by atoms with Crippen LogP contribution in [0.5, 0.6) is 0 Å². The molecule has 0 saturated carbocycles. The van der Waals surface area contributed by atoms with Gasteiger partial charge in [-0.3, -0.25) is 4.99 Å². The van der Waals surface area contributed by atoms with Crippen LogP contribution in [-0.2, 0) is 0 Å². The third-order valence-corrected chi connectivity index (χ3v) is 4.30. The maximum atomic E-state index is 9.38. The molecule has 34 heavy (non-hydrogen) atoms. The molecule has 0 bridgehead atoms. The number of fused-ring (bicyclic) bond motifs is 3. The van der Waals surface area contributed by atoms with Crippen molar-refractivity contribution in [1.82, 2.24) is 19.9 Å². The van der Waals surface area contributed by atoms with Crippen LogP contribution in [0, 0.1) is 45.3 Å². The molecule has 0 radical (unpaired) electrons. The standard InChI is InChI=1S/C20H12N10.2C2H6/c1-9-4-12(26-11(3)10(2)25)18-20(30-16(8-24)14(6-22)28-18)19-17(9)27-13(5-21)15(7-23)29-19;2*1-2/h1,4,25H2,2-3H3;2*1-2H3/b11-10+,26-12?;;. The van der Waals surface area contributed by atoms with Gasteiger partial charge in [0.05, 0.1) is 17.1 Å². The predicted octanol–water partition coefficient (Wildman–Crippen LogP) is 3.89. The Labute approximate surface area is 199 Å². The third kappa shape index (κ3) is 5.27. The van der Waals surface area contributed by atoms with Crippen molar-refractivity contribution in [3.05, 3.63) is 52.1 Å². The maximum absolute atomic E-state index is 9.38. The van der Waals surface area contributed by atoms with E-state index >= 15 is 0 Å². The second-order valence-corrected chi connectivity index (χ2v) is 6.29. The van der Waals surface area contributed by atoms with Crippen LogP contribution in [0.25, 0.3) is 17.0 Å². The second-order valence-electron chi connectivity index (χ2n) is 6.29. The number of hydrogen-bond donors (Lipinski definition) is 1. The van der Waals surface area contributed by atoms with Gasteiger partial charge in [-0.2, -0.15) is 21.0 Å². The van der Waals surface area contributed by atoms with E-state index in [1.165, 1.54) is 0 Å². The number of rotatable bonds is 1. The summed E-state index contributed by atoms with van der Waals surface area (Å²) < 4.78 is 0. The molecule has 2 aromatic rings. The second kappa shape index (κ2) is 12.2. The van der Waals surface area contributed by atoms with E-state index in [1.54, 1.807) is 13.8 Å². The van der Waals surface area contributed by atoms with Crippen LogP contribution in [0.1, 0.15) is 82.1 Å². The van der Waals surface area contributed by atoms with Gasteiger partial charge >= 0.3 is 0 Å². The summed E-state index contributed by atoms with van der Waals surface area (Å²) >= 11 is 0. The molecule has 170 valence electrons. The van der Waals surface area contributed by atoms with Gasteiger partial charge in [-0.15, -0.1) is 0 Å². The smallest absolute Gasteiger partial charge is 0.177 e. The first-order chi connectivity index (χ1) is 16.3. The van der Waals surface area contributed by atoms with E-state index in [0.29, 0.717) is 22.7 Å². The van der Waals surface area contributed by atoms with Gasteiger partial charge in [-0.1, -0.05) is 34.3 Å². The van der Waals surface area contributed by atoms with Crippen LogP contribution in [0.3, 0.4) is 0 Å². The minimum Gasteiger partial charge on any atom is -0.401 e.